The molecule has 0 unspecified atom stereocenters. The third-order valence-corrected chi connectivity index (χ3v) is 3.99. The Morgan fingerprint density at radius 2 is 2.29 bits per heavy atom. The van der Waals surface area contributed by atoms with Crippen LogP contribution in [0.3, 0.4) is 0 Å². The molecule has 2 aromatic rings. The number of aromatic nitrogens is 2. The van der Waals surface area contributed by atoms with E-state index in [9.17, 15) is 13.2 Å². The summed E-state index contributed by atoms with van der Waals surface area (Å²) >= 11 is 1.13. The number of aromatic carboxylic acids is 1. The van der Waals surface area contributed by atoms with Crippen LogP contribution in [-0.4, -0.2) is 29.5 Å². The van der Waals surface area contributed by atoms with Gasteiger partial charge in [0.15, 0.2) is 5.13 Å². The van der Waals surface area contributed by atoms with E-state index in [2.05, 4.69) is 14.7 Å². The molecule has 0 amide bonds. The number of nitrogens with one attached hydrogen (secondary N) is 2. The predicted molar refractivity (Wildman–Crippen MR) is 60.7 cm³/mol. The van der Waals surface area contributed by atoms with Crippen molar-refractivity contribution in [3.05, 3.63) is 29.5 Å². The lowest BCUT2D eigenvalue weighted by Gasteiger charge is -2.01. The van der Waals surface area contributed by atoms with Gasteiger partial charge in [0.1, 0.15) is 10.6 Å². The summed E-state index contributed by atoms with van der Waals surface area (Å²) in [6, 6.07) is 1.04. The smallest absolute Gasteiger partial charge is 0.352 e. The van der Waals surface area contributed by atoms with Crippen LogP contribution in [0.2, 0.25) is 0 Å². The molecule has 2 heterocycles. The number of sulfonamides is 1. The van der Waals surface area contributed by atoms with Crippen molar-refractivity contribution < 1.29 is 18.3 Å². The van der Waals surface area contributed by atoms with Crippen LogP contribution in [0.1, 0.15) is 10.5 Å². The highest BCUT2D eigenvalue weighted by Crippen LogP contribution is 2.18. The molecule has 17 heavy (non-hydrogen) atoms. The molecule has 2 rings (SSSR count). The van der Waals surface area contributed by atoms with Crippen molar-refractivity contribution in [2.75, 3.05) is 4.72 Å². The van der Waals surface area contributed by atoms with Gasteiger partial charge in [0.05, 0.1) is 0 Å². The highest BCUT2D eigenvalue weighted by molar-refractivity contribution is 7.93. The van der Waals surface area contributed by atoms with Gasteiger partial charge in [0, 0.05) is 17.8 Å². The van der Waals surface area contributed by atoms with Gasteiger partial charge in [-0.25, -0.2) is 18.2 Å². The second-order valence-corrected chi connectivity index (χ2v) is 5.57. The number of carboxylic acid groups (broad SMARTS) is 1. The molecule has 0 bridgehead atoms. The molecule has 2 aromatic heterocycles. The summed E-state index contributed by atoms with van der Waals surface area (Å²) < 4.78 is 25.8. The summed E-state index contributed by atoms with van der Waals surface area (Å²) in [7, 11) is -3.79. The third kappa shape index (κ3) is 2.45. The maximum absolute atomic E-state index is 11.8. The van der Waals surface area contributed by atoms with Gasteiger partial charge in [-0.1, -0.05) is 0 Å². The number of thiazole rings is 1. The number of aromatic amines is 1. The quantitative estimate of drug-likeness (QED) is 0.768. The average Bonchev–Trinajstić information content (AvgIpc) is 2.84. The fourth-order valence-electron chi connectivity index (χ4n) is 1.10. The van der Waals surface area contributed by atoms with Crippen LogP contribution >= 0.6 is 11.3 Å². The first-order chi connectivity index (χ1) is 7.99. The molecule has 0 aliphatic rings. The van der Waals surface area contributed by atoms with Crippen molar-refractivity contribution >= 4 is 32.5 Å². The maximum Gasteiger partial charge on any atom is 0.352 e. The third-order valence-electron chi connectivity index (χ3n) is 1.85. The zero-order valence-corrected chi connectivity index (χ0v) is 9.88. The first-order valence-corrected chi connectivity index (χ1v) is 6.69. The van der Waals surface area contributed by atoms with E-state index in [1.165, 1.54) is 6.20 Å². The fraction of sp³-hybridized carbons (Fsp3) is 0. The molecule has 0 fully saturated rings. The van der Waals surface area contributed by atoms with Gasteiger partial charge in [0.25, 0.3) is 10.0 Å². The summed E-state index contributed by atoms with van der Waals surface area (Å²) in [5.74, 6) is -1.22. The minimum absolute atomic E-state index is 0.148. The van der Waals surface area contributed by atoms with Gasteiger partial charge < -0.3 is 10.1 Å². The van der Waals surface area contributed by atoms with Gasteiger partial charge in [-0.15, -0.1) is 11.3 Å². The lowest BCUT2D eigenvalue weighted by molar-refractivity contribution is 0.0691. The van der Waals surface area contributed by atoms with Crippen LogP contribution < -0.4 is 4.72 Å². The second-order valence-electron chi connectivity index (χ2n) is 3.00. The monoisotopic (exact) mass is 273 g/mol. The Labute approximate surface area is 100 Å². The standard InChI is InChI=1S/C8H7N3O4S2/c12-7(13)6-3-5(4-10-6)17(14,15)11-8-9-1-2-16-8/h1-4,10H,(H,9,11)(H,12,13). The van der Waals surface area contributed by atoms with Crippen LogP contribution in [-0.2, 0) is 10.0 Å². The van der Waals surface area contributed by atoms with E-state index in [4.69, 9.17) is 5.11 Å². The van der Waals surface area contributed by atoms with Crippen molar-refractivity contribution in [3.63, 3.8) is 0 Å². The van der Waals surface area contributed by atoms with Crippen LogP contribution in [0, 0.1) is 0 Å². The van der Waals surface area contributed by atoms with E-state index in [0.717, 1.165) is 23.6 Å². The molecule has 0 aliphatic carbocycles. The number of anilines is 1. The van der Waals surface area contributed by atoms with Crippen LogP contribution in [0.5, 0.6) is 0 Å². The second kappa shape index (κ2) is 4.18. The Bertz CT molecular complexity index is 630. The summed E-state index contributed by atoms with van der Waals surface area (Å²) in [6.07, 6.45) is 2.57. The molecule has 0 aromatic carbocycles. The van der Waals surface area contributed by atoms with Crippen molar-refractivity contribution in [2.45, 2.75) is 4.90 Å². The van der Waals surface area contributed by atoms with Crippen molar-refractivity contribution in [2.24, 2.45) is 0 Å². The Morgan fingerprint density at radius 3 is 2.82 bits per heavy atom. The molecular formula is C8H7N3O4S2. The summed E-state index contributed by atoms with van der Waals surface area (Å²) in [5, 5.41) is 10.5. The fourth-order valence-corrected chi connectivity index (χ4v) is 2.88. The van der Waals surface area contributed by atoms with E-state index in [-0.39, 0.29) is 15.7 Å². The van der Waals surface area contributed by atoms with Crippen molar-refractivity contribution in [1.29, 1.82) is 0 Å². The predicted octanol–water partition coefficient (Wildman–Crippen LogP) is 0.970. The SMILES string of the molecule is O=C(O)c1cc(S(=O)(=O)Nc2nccs2)c[nH]1. The first kappa shape index (κ1) is 11.6. The number of H-pyrrole nitrogens is 1. The normalized spacial score (nSPS) is 11.3. The van der Waals surface area contributed by atoms with E-state index < -0.39 is 16.0 Å². The Kier molecular flexibility index (Phi) is 2.86. The van der Waals surface area contributed by atoms with Crippen LogP contribution in [0.4, 0.5) is 5.13 Å². The summed E-state index contributed by atoms with van der Waals surface area (Å²) in [4.78, 5) is 16.6. The highest BCUT2D eigenvalue weighted by atomic mass is 32.2. The van der Waals surface area contributed by atoms with Crippen LogP contribution in [0.15, 0.2) is 28.7 Å². The Morgan fingerprint density at radius 1 is 1.53 bits per heavy atom. The van der Waals surface area contributed by atoms with Crippen molar-refractivity contribution in [1.82, 2.24) is 9.97 Å². The van der Waals surface area contributed by atoms with Gasteiger partial charge in [-0.05, 0) is 6.07 Å². The Hall–Kier alpha value is -1.87. The Balaban J connectivity index is 2.28. The lowest BCUT2D eigenvalue weighted by Crippen LogP contribution is -2.11. The highest BCUT2D eigenvalue weighted by Gasteiger charge is 2.19. The van der Waals surface area contributed by atoms with E-state index >= 15 is 0 Å². The van der Waals surface area contributed by atoms with Gasteiger partial charge >= 0.3 is 5.97 Å². The number of rotatable bonds is 4. The molecule has 0 atom stereocenters. The van der Waals surface area contributed by atoms with Crippen molar-refractivity contribution in [3.8, 4) is 0 Å². The summed E-state index contributed by atoms with van der Waals surface area (Å²) in [6.45, 7) is 0. The molecule has 7 nitrogen and oxygen atoms in total. The number of carbonyl (C=O) groups is 1. The topological polar surface area (TPSA) is 112 Å². The molecule has 0 saturated carbocycles. The zero-order chi connectivity index (χ0) is 12.5. The van der Waals surface area contributed by atoms with Gasteiger partial charge in [-0.3, -0.25) is 4.72 Å². The minimum atomic E-state index is -3.79. The average molecular weight is 273 g/mol. The van der Waals surface area contributed by atoms with Gasteiger partial charge in [-0.2, -0.15) is 0 Å². The molecular weight excluding hydrogens is 266 g/mol. The minimum Gasteiger partial charge on any atom is -0.477 e. The first-order valence-electron chi connectivity index (χ1n) is 4.33. The largest absolute Gasteiger partial charge is 0.477 e. The van der Waals surface area contributed by atoms with Gasteiger partial charge in [0.2, 0.25) is 0 Å². The number of carboxylic acids is 1. The summed E-state index contributed by atoms with van der Waals surface area (Å²) in [5.41, 5.74) is -0.190. The maximum atomic E-state index is 11.8. The number of nitrogens with zero attached hydrogens (tertiary/aromatic N) is 1. The number of hydrogen-bond acceptors (Lipinski definition) is 5. The molecule has 3 N–H and O–H groups in total. The molecule has 0 radical (unpaired) electrons. The molecule has 0 saturated heterocycles. The lowest BCUT2D eigenvalue weighted by atomic mass is 10.4. The number of hydrogen-bond donors (Lipinski definition) is 3. The molecule has 9 heteroatoms. The molecule has 90 valence electrons. The van der Waals surface area contributed by atoms with Crippen LogP contribution in [0.25, 0.3) is 0 Å². The van der Waals surface area contributed by atoms with E-state index in [1.807, 2.05) is 0 Å². The molecule has 0 spiro atoms. The van der Waals surface area contributed by atoms with E-state index in [0.29, 0.717) is 0 Å². The molecule has 0 aliphatic heterocycles. The zero-order valence-electron chi connectivity index (χ0n) is 8.25. The van der Waals surface area contributed by atoms with E-state index in [1.54, 1.807) is 5.38 Å².